The summed E-state index contributed by atoms with van der Waals surface area (Å²) in [7, 11) is 0. The lowest BCUT2D eigenvalue weighted by molar-refractivity contribution is 0.752. The largest absolute Gasteiger partial charge is 0.0735 e. The van der Waals surface area contributed by atoms with E-state index in [0.717, 1.165) is 5.75 Å². The fourth-order valence-electron chi connectivity index (χ4n) is 0.236. The zero-order chi connectivity index (χ0) is 6.41. The van der Waals surface area contributed by atoms with E-state index in [4.69, 9.17) is 11.6 Å². The average molecular weight is 149 g/mol. The summed E-state index contributed by atoms with van der Waals surface area (Å²) in [6, 6.07) is 0. The molecule has 0 radical (unpaired) electrons. The zero-order valence-corrected chi connectivity index (χ0v) is 6.64. The van der Waals surface area contributed by atoms with E-state index in [1.54, 1.807) is 11.8 Å². The molecule has 0 aliphatic rings. The highest BCUT2D eigenvalue weighted by Crippen LogP contribution is 2.04. The number of halogens is 1. The minimum Gasteiger partial charge on any atom is -0.0735 e. The molecule has 0 saturated heterocycles. The fourth-order valence-corrected chi connectivity index (χ4v) is 0.870. The quantitative estimate of drug-likeness (QED) is 0.543. The Kier molecular flexibility index (Phi) is 5.47. The molecule has 0 aromatic carbocycles. The highest BCUT2D eigenvalue weighted by molar-refractivity contribution is 8.03. The lowest BCUT2D eigenvalue weighted by Gasteiger charge is -1.95. The maximum Gasteiger partial charge on any atom is 0.0162 e. The number of hydrogen-bond donors (Lipinski definition) is 0. The van der Waals surface area contributed by atoms with Gasteiger partial charge in [0.05, 0.1) is 0 Å². The number of thioether (sulfide) groups is 1. The van der Waals surface area contributed by atoms with Crippen molar-refractivity contribution < 1.29 is 0 Å². The molecular formula is C6H9ClS. The van der Waals surface area contributed by atoms with Crippen molar-refractivity contribution in [2.24, 2.45) is 5.92 Å². The Hall–Kier alpha value is 0.200. The molecule has 0 aliphatic heterocycles. The molecule has 0 fully saturated rings. The van der Waals surface area contributed by atoms with Crippen LogP contribution in [-0.2, 0) is 0 Å². The first-order valence-corrected chi connectivity index (χ1v) is 3.86. The predicted octanol–water partition coefficient (Wildman–Crippen LogP) is 2.53. The third kappa shape index (κ3) is 6.20. The van der Waals surface area contributed by atoms with Crippen LogP contribution in [0.1, 0.15) is 13.8 Å². The maximum absolute atomic E-state index is 5.10. The third-order valence-corrected chi connectivity index (χ3v) is 1.81. The van der Waals surface area contributed by atoms with Crippen LogP contribution in [-0.4, -0.2) is 5.75 Å². The summed E-state index contributed by atoms with van der Waals surface area (Å²) in [5.41, 5.74) is 0. The van der Waals surface area contributed by atoms with Crippen LogP contribution in [0.25, 0.3) is 0 Å². The van der Waals surface area contributed by atoms with Gasteiger partial charge in [0.1, 0.15) is 0 Å². The first-order chi connectivity index (χ1) is 3.77. The highest BCUT2D eigenvalue weighted by Gasteiger charge is 1.88. The van der Waals surface area contributed by atoms with Crippen LogP contribution in [0.5, 0.6) is 0 Å². The van der Waals surface area contributed by atoms with Gasteiger partial charge in [0.25, 0.3) is 0 Å². The number of hydrogen-bond acceptors (Lipinski definition) is 1. The molecule has 0 bridgehead atoms. The van der Waals surface area contributed by atoms with E-state index in [2.05, 4.69) is 24.5 Å². The van der Waals surface area contributed by atoms with E-state index < -0.39 is 0 Å². The Morgan fingerprint density at radius 2 is 2.25 bits per heavy atom. The average Bonchev–Trinajstić information content (AvgIpc) is 1.66. The summed E-state index contributed by atoms with van der Waals surface area (Å²) >= 11 is 6.67. The first-order valence-electron chi connectivity index (χ1n) is 2.49. The number of rotatable bonds is 2. The van der Waals surface area contributed by atoms with Gasteiger partial charge in [-0.25, -0.2) is 0 Å². The molecule has 0 N–H and O–H groups in total. The molecule has 0 atom stereocenters. The maximum atomic E-state index is 5.10. The molecule has 46 valence electrons. The van der Waals surface area contributed by atoms with E-state index >= 15 is 0 Å². The van der Waals surface area contributed by atoms with Gasteiger partial charge >= 0.3 is 0 Å². The Morgan fingerprint density at radius 3 is 2.62 bits per heavy atom. The SMILES string of the molecule is CC(C)CSC#CCl. The Bertz CT molecular complexity index is 98.8. The molecule has 0 heterocycles. The molecule has 8 heavy (non-hydrogen) atoms. The van der Waals surface area contributed by atoms with Crippen LogP contribution in [0.3, 0.4) is 0 Å². The van der Waals surface area contributed by atoms with Gasteiger partial charge in [-0.1, -0.05) is 25.6 Å². The summed E-state index contributed by atoms with van der Waals surface area (Å²) in [4.78, 5) is 0. The Labute approximate surface area is 60.0 Å². The first kappa shape index (κ1) is 8.20. The van der Waals surface area contributed by atoms with Gasteiger partial charge in [0.15, 0.2) is 0 Å². The molecule has 0 unspecified atom stereocenters. The van der Waals surface area contributed by atoms with Crippen LogP contribution in [0, 0.1) is 16.5 Å². The summed E-state index contributed by atoms with van der Waals surface area (Å²) in [5, 5.41) is 5.02. The molecular weight excluding hydrogens is 140 g/mol. The second-order valence-electron chi connectivity index (χ2n) is 1.90. The normalized spacial score (nSPS) is 8.50. The van der Waals surface area contributed by atoms with Gasteiger partial charge in [-0.05, 0) is 22.8 Å². The van der Waals surface area contributed by atoms with Crippen molar-refractivity contribution in [3.05, 3.63) is 0 Å². The van der Waals surface area contributed by atoms with Crippen molar-refractivity contribution in [1.82, 2.24) is 0 Å². The summed E-state index contributed by atoms with van der Waals surface area (Å²) in [6.45, 7) is 4.31. The van der Waals surface area contributed by atoms with Crippen LogP contribution in [0.15, 0.2) is 0 Å². The van der Waals surface area contributed by atoms with E-state index in [-0.39, 0.29) is 0 Å². The summed E-state index contributed by atoms with van der Waals surface area (Å²) in [5.74, 6) is 1.78. The van der Waals surface area contributed by atoms with Gasteiger partial charge in [0, 0.05) is 11.1 Å². The topological polar surface area (TPSA) is 0 Å². The van der Waals surface area contributed by atoms with E-state index in [1.807, 2.05) is 0 Å². The van der Waals surface area contributed by atoms with Crippen LogP contribution >= 0.6 is 23.4 Å². The summed E-state index contributed by atoms with van der Waals surface area (Å²) in [6.07, 6.45) is 0. The second kappa shape index (κ2) is 5.34. The van der Waals surface area contributed by atoms with Crippen molar-refractivity contribution in [3.8, 4) is 10.6 Å². The van der Waals surface area contributed by atoms with Gasteiger partial charge in [0.2, 0.25) is 0 Å². The second-order valence-corrected chi connectivity index (χ2v) is 2.92. The minimum atomic E-state index is 0.706. The minimum absolute atomic E-state index is 0.706. The van der Waals surface area contributed by atoms with Crippen molar-refractivity contribution in [2.45, 2.75) is 13.8 Å². The highest BCUT2D eigenvalue weighted by atomic mass is 35.5. The predicted molar refractivity (Wildman–Crippen MR) is 40.9 cm³/mol. The lowest BCUT2D eigenvalue weighted by Crippen LogP contribution is -1.87. The van der Waals surface area contributed by atoms with Crippen molar-refractivity contribution in [1.29, 1.82) is 0 Å². The van der Waals surface area contributed by atoms with E-state index in [9.17, 15) is 0 Å². The van der Waals surface area contributed by atoms with Crippen LogP contribution in [0.2, 0.25) is 0 Å². The molecule has 0 rings (SSSR count). The fraction of sp³-hybridized carbons (Fsp3) is 0.667. The molecule has 2 heteroatoms. The standard InChI is InChI=1S/C6H9ClS/c1-6(2)5-8-4-3-7/h6H,5H2,1-2H3. The molecule has 0 amide bonds. The molecule has 0 aliphatic carbocycles. The van der Waals surface area contributed by atoms with Crippen molar-refractivity contribution in [3.63, 3.8) is 0 Å². The lowest BCUT2D eigenvalue weighted by atomic mass is 10.3. The van der Waals surface area contributed by atoms with E-state index in [0.29, 0.717) is 5.92 Å². The Balaban J connectivity index is 3.01. The van der Waals surface area contributed by atoms with Crippen molar-refractivity contribution in [2.75, 3.05) is 5.75 Å². The van der Waals surface area contributed by atoms with Gasteiger partial charge in [-0.15, -0.1) is 0 Å². The van der Waals surface area contributed by atoms with Gasteiger partial charge < -0.3 is 0 Å². The van der Waals surface area contributed by atoms with E-state index in [1.165, 1.54) is 0 Å². The zero-order valence-electron chi connectivity index (χ0n) is 5.07. The molecule has 0 nitrogen and oxygen atoms in total. The van der Waals surface area contributed by atoms with Crippen LogP contribution < -0.4 is 0 Å². The molecule has 0 aromatic heterocycles. The van der Waals surface area contributed by atoms with Gasteiger partial charge in [-0.3, -0.25) is 0 Å². The Morgan fingerprint density at radius 1 is 1.62 bits per heavy atom. The monoisotopic (exact) mass is 148 g/mol. The van der Waals surface area contributed by atoms with Crippen molar-refractivity contribution >= 4 is 23.4 Å². The van der Waals surface area contributed by atoms with Gasteiger partial charge in [-0.2, -0.15) is 0 Å². The molecule has 0 saturated carbocycles. The summed E-state index contributed by atoms with van der Waals surface area (Å²) < 4.78 is 0. The smallest absolute Gasteiger partial charge is 0.0162 e. The molecule has 0 spiro atoms. The molecule has 0 aromatic rings. The van der Waals surface area contributed by atoms with Crippen LogP contribution in [0.4, 0.5) is 0 Å². The third-order valence-electron chi connectivity index (χ3n) is 0.527.